The molecule has 0 saturated heterocycles. The Morgan fingerprint density at radius 2 is 1.72 bits per heavy atom. The van der Waals surface area contributed by atoms with E-state index < -0.39 is 23.4 Å². The van der Waals surface area contributed by atoms with Crippen molar-refractivity contribution in [2.24, 2.45) is 0 Å². The first-order chi connectivity index (χ1) is 11.9. The molecule has 0 heterocycles. The second-order valence-corrected chi connectivity index (χ2v) is 5.39. The van der Waals surface area contributed by atoms with Gasteiger partial charge in [0.25, 0.3) is 0 Å². The van der Waals surface area contributed by atoms with Gasteiger partial charge in [-0.25, -0.2) is 13.2 Å². The molecule has 0 spiro atoms. The molecule has 0 bridgehead atoms. The Morgan fingerprint density at radius 3 is 2.36 bits per heavy atom. The lowest BCUT2D eigenvalue weighted by atomic mass is 10.1. The van der Waals surface area contributed by atoms with Gasteiger partial charge in [-0.3, -0.25) is 9.59 Å². The molecule has 0 aliphatic rings. The summed E-state index contributed by atoms with van der Waals surface area (Å²) in [5, 5.41) is 2.57. The maximum Gasteiger partial charge on any atom is 0.224 e. The molecule has 2 aromatic rings. The summed E-state index contributed by atoms with van der Waals surface area (Å²) >= 11 is 0. The molecule has 0 radical (unpaired) electrons. The quantitative estimate of drug-likeness (QED) is 0.871. The zero-order chi connectivity index (χ0) is 18.4. The van der Waals surface area contributed by atoms with Gasteiger partial charge in [-0.15, -0.1) is 0 Å². The third-order valence-corrected chi connectivity index (χ3v) is 3.56. The Kier molecular flexibility index (Phi) is 6.16. The normalized spacial score (nSPS) is 10.4. The third kappa shape index (κ3) is 5.07. The minimum absolute atomic E-state index is 0.0728. The van der Waals surface area contributed by atoms with Crippen molar-refractivity contribution in [3.05, 3.63) is 65.5 Å². The van der Waals surface area contributed by atoms with Gasteiger partial charge in [0.05, 0.1) is 6.42 Å². The second-order valence-electron chi connectivity index (χ2n) is 5.39. The van der Waals surface area contributed by atoms with Crippen molar-refractivity contribution in [2.45, 2.75) is 13.3 Å². The van der Waals surface area contributed by atoms with Gasteiger partial charge in [0.2, 0.25) is 11.8 Å². The number of anilines is 1. The predicted molar refractivity (Wildman–Crippen MR) is 87.5 cm³/mol. The molecule has 0 aromatic heterocycles. The van der Waals surface area contributed by atoms with Gasteiger partial charge in [0, 0.05) is 31.8 Å². The average molecular weight is 350 g/mol. The Balaban J connectivity index is 1.93. The lowest BCUT2D eigenvalue weighted by Crippen LogP contribution is -2.38. The Bertz CT molecular complexity index is 781. The molecule has 0 unspecified atom stereocenters. The second kappa shape index (κ2) is 8.32. The molecular weight excluding hydrogens is 333 g/mol. The van der Waals surface area contributed by atoms with Crippen LogP contribution in [0.25, 0.3) is 0 Å². The Labute approximate surface area is 143 Å². The summed E-state index contributed by atoms with van der Waals surface area (Å²) in [6.45, 7) is 1.44. The van der Waals surface area contributed by atoms with Gasteiger partial charge in [0.1, 0.15) is 5.82 Å². The number of amides is 2. The number of nitrogens with one attached hydrogen (secondary N) is 1. The van der Waals surface area contributed by atoms with E-state index in [9.17, 15) is 22.8 Å². The van der Waals surface area contributed by atoms with Crippen LogP contribution in [0.15, 0.2) is 42.5 Å². The van der Waals surface area contributed by atoms with Crippen LogP contribution in [0.5, 0.6) is 0 Å². The van der Waals surface area contributed by atoms with Crippen molar-refractivity contribution < 1.29 is 22.8 Å². The Hall–Kier alpha value is -2.83. The molecule has 2 amide bonds. The summed E-state index contributed by atoms with van der Waals surface area (Å²) in [7, 11) is 0. The number of benzene rings is 2. The smallest absolute Gasteiger partial charge is 0.224 e. The maximum absolute atomic E-state index is 13.5. The molecule has 0 fully saturated rings. The van der Waals surface area contributed by atoms with Crippen LogP contribution in [0, 0.1) is 17.5 Å². The number of halogens is 3. The van der Waals surface area contributed by atoms with Crippen LogP contribution in [0.3, 0.4) is 0 Å². The molecule has 0 saturated carbocycles. The fourth-order valence-electron chi connectivity index (χ4n) is 2.31. The van der Waals surface area contributed by atoms with Gasteiger partial charge in [-0.05, 0) is 23.8 Å². The molecule has 0 aliphatic heterocycles. The van der Waals surface area contributed by atoms with Gasteiger partial charge >= 0.3 is 0 Å². The third-order valence-electron chi connectivity index (χ3n) is 3.56. The number of carbonyl (C=O) groups excluding carboxylic acids is 2. The summed E-state index contributed by atoms with van der Waals surface area (Å²) in [5.41, 5.74) is 0.457. The van der Waals surface area contributed by atoms with Crippen LogP contribution in [0.4, 0.5) is 18.9 Å². The number of hydrogen-bond donors (Lipinski definition) is 1. The molecule has 7 heteroatoms. The van der Waals surface area contributed by atoms with Crippen LogP contribution < -0.4 is 10.2 Å². The van der Waals surface area contributed by atoms with Crippen LogP contribution in [-0.4, -0.2) is 24.9 Å². The van der Waals surface area contributed by atoms with Gasteiger partial charge < -0.3 is 10.2 Å². The van der Waals surface area contributed by atoms with E-state index in [1.54, 1.807) is 6.07 Å². The lowest BCUT2D eigenvalue weighted by molar-refractivity contribution is -0.121. The topological polar surface area (TPSA) is 49.4 Å². The van der Waals surface area contributed by atoms with E-state index in [1.165, 1.54) is 36.1 Å². The highest BCUT2D eigenvalue weighted by molar-refractivity contribution is 5.91. The predicted octanol–water partition coefficient (Wildman–Crippen LogP) is 2.82. The molecule has 0 atom stereocenters. The molecule has 2 rings (SSSR count). The van der Waals surface area contributed by atoms with Gasteiger partial charge in [0.15, 0.2) is 11.6 Å². The standard InChI is InChI=1S/C18H17F3N2O2/c1-12(24)23(14-6-7-16(20)17(21)11-14)9-8-22-18(25)10-13-4-2-3-5-15(13)19/h2-7,11H,8-10H2,1H3,(H,22,25). The van der Waals surface area contributed by atoms with Crippen molar-refractivity contribution in [1.82, 2.24) is 5.32 Å². The minimum Gasteiger partial charge on any atom is -0.354 e. The molecule has 2 aromatic carbocycles. The largest absolute Gasteiger partial charge is 0.354 e. The Morgan fingerprint density at radius 1 is 1.00 bits per heavy atom. The molecular formula is C18H17F3N2O2. The van der Waals surface area contributed by atoms with Gasteiger partial charge in [-0.1, -0.05) is 18.2 Å². The van der Waals surface area contributed by atoms with E-state index in [1.807, 2.05) is 0 Å². The summed E-state index contributed by atoms with van der Waals surface area (Å²) in [6, 6.07) is 9.06. The van der Waals surface area contributed by atoms with Crippen molar-refractivity contribution in [1.29, 1.82) is 0 Å². The van der Waals surface area contributed by atoms with E-state index >= 15 is 0 Å². The number of carbonyl (C=O) groups is 2. The summed E-state index contributed by atoms with van der Waals surface area (Å²) in [4.78, 5) is 24.8. The molecule has 1 N–H and O–H groups in total. The van der Waals surface area contributed by atoms with E-state index in [0.717, 1.165) is 12.1 Å². The van der Waals surface area contributed by atoms with E-state index in [0.29, 0.717) is 0 Å². The van der Waals surface area contributed by atoms with E-state index in [2.05, 4.69) is 5.32 Å². The average Bonchev–Trinajstić information content (AvgIpc) is 2.56. The van der Waals surface area contributed by atoms with Crippen LogP contribution in [-0.2, 0) is 16.0 Å². The lowest BCUT2D eigenvalue weighted by Gasteiger charge is -2.21. The van der Waals surface area contributed by atoms with Crippen LogP contribution in [0.1, 0.15) is 12.5 Å². The first kappa shape index (κ1) is 18.5. The minimum atomic E-state index is -1.06. The number of nitrogens with zero attached hydrogens (tertiary/aromatic N) is 1. The number of hydrogen-bond acceptors (Lipinski definition) is 2. The molecule has 4 nitrogen and oxygen atoms in total. The highest BCUT2D eigenvalue weighted by Crippen LogP contribution is 2.18. The maximum atomic E-state index is 13.5. The van der Waals surface area contributed by atoms with Gasteiger partial charge in [-0.2, -0.15) is 0 Å². The number of rotatable bonds is 6. The summed E-state index contributed by atoms with van der Waals surface area (Å²) in [5.74, 6) is -3.32. The zero-order valence-electron chi connectivity index (χ0n) is 13.6. The summed E-state index contributed by atoms with van der Waals surface area (Å²) < 4.78 is 39.8. The first-order valence-corrected chi connectivity index (χ1v) is 7.61. The fraction of sp³-hybridized carbons (Fsp3) is 0.222. The van der Waals surface area contributed by atoms with Crippen LogP contribution >= 0.6 is 0 Å². The molecule has 25 heavy (non-hydrogen) atoms. The SMILES string of the molecule is CC(=O)N(CCNC(=O)Cc1ccccc1F)c1ccc(F)c(F)c1. The van der Waals surface area contributed by atoms with Crippen LogP contribution in [0.2, 0.25) is 0 Å². The highest BCUT2D eigenvalue weighted by atomic mass is 19.2. The van der Waals surface area contributed by atoms with Crippen molar-refractivity contribution in [3.63, 3.8) is 0 Å². The highest BCUT2D eigenvalue weighted by Gasteiger charge is 2.14. The monoisotopic (exact) mass is 350 g/mol. The van der Waals surface area contributed by atoms with Crippen molar-refractivity contribution in [3.8, 4) is 0 Å². The first-order valence-electron chi connectivity index (χ1n) is 7.61. The van der Waals surface area contributed by atoms with E-state index in [4.69, 9.17) is 0 Å². The van der Waals surface area contributed by atoms with Crippen molar-refractivity contribution >= 4 is 17.5 Å². The zero-order valence-corrected chi connectivity index (χ0v) is 13.6. The fourth-order valence-corrected chi connectivity index (χ4v) is 2.31. The van der Waals surface area contributed by atoms with Crippen molar-refractivity contribution in [2.75, 3.05) is 18.0 Å². The molecule has 0 aliphatic carbocycles. The summed E-state index contributed by atoms with van der Waals surface area (Å²) in [6.07, 6.45) is -0.127. The van der Waals surface area contributed by atoms with E-state index in [-0.39, 0.29) is 36.7 Å². The molecule has 132 valence electrons.